The third kappa shape index (κ3) is 2.35. The van der Waals surface area contributed by atoms with Gasteiger partial charge >= 0.3 is 5.97 Å². The fraction of sp³-hybridized carbons (Fsp3) is 0.300. The van der Waals surface area contributed by atoms with Gasteiger partial charge in [-0.15, -0.1) is 0 Å². The first-order valence-electron chi connectivity index (χ1n) is 4.83. The van der Waals surface area contributed by atoms with Crippen LogP contribution in [0.5, 0.6) is 0 Å². The van der Waals surface area contributed by atoms with Crippen LogP contribution in [0.3, 0.4) is 0 Å². The second-order valence-electron chi connectivity index (χ2n) is 3.71. The number of aromatic nitrogens is 1. The highest BCUT2D eigenvalue weighted by molar-refractivity contribution is 6.34. The molecule has 0 bridgehead atoms. The Bertz CT molecular complexity index is 492. The summed E-state index contributed by atoms with van der Waals surface area (Å²) in [6, 6.07) is 1.50. The summed E-state index contributed by atoms with van der Waals surface area (Å²) >= 11 is 11.6. The molecule has 1 atom stereocenters. The molecule has 1 aromatic heterocycles. The first kappa shape index (κ1) is 12.1. The van der Waals surface area contributed by atoms with Crippen LogP contribution in [0.1, 0.15) is 6.42 Å². The maximum Gasteiger partial charge on any atom is 0.308 e. The molecule has 7 heteroatoms. The molecule has 0 aliphatic carbocycles. The fourth-order valence-electron chi connectivity index (χ4n) is 1.71. The van der Waals surface area contributed by atoms with Crippen molar-refractivity contribution in [3.8, 4) is 0 Å². The predicted molar refractivity (Wildman–Crippen MR) is 62.4 cm³/mol. The van der Waals surface area contributed by atoms with E-state index >= 15 is 0 Å². The summed E-state index contributed by atoms with van der Waals surface area (Å²) in [6.07, 6.45) is 1.33. The van der Waals surface area contributed by atoms with Crippen LogP contribution in [0.15, 0.2) is 12.3 Å². The fourth-order valence-corrected chi connectivity index (χ4v) is 2.06. The lowest BCUT2D eigenvalue weighted by atomic mass is 10.1. The second kappa shape index (κ2) is 4.50. The molecule has 90 valence electrons. The lowest BCUT2D eigenvalue weighted by Crippen LogP contribution is -2.26. The van der Waals surface area contributed by atoms with Gasteiger partial charge in [0.25, 0.3) is 0 Å². The van der Waals surface area contributed by atoms with Crippen LogP contribution < -0.4 is 4.90 Å². The monoisotopic (exact) mass is 274 g/mol. The third-order valence-electron chi connectivity index (χ3n) is 2.55. The molecule has 1 saturated heterocycles. The van der Waals surface area contributed by atoms with Gasteiger partial charge in [-0.05, 0) is 6.07 Å². The Morgan fingerprint density at radius 1 is 1.53 bits per heavy atom. The molecule has 1 N–H and O–H groups in total. The van der Waals surface area contributed by atoms with Crippen molar-refractivity contribution in [1.29, 1.82) is 0 Å². The zero-order chi connectivity index (χ0) is 12.6. The number of amides is 1. The van der Waals surface area contributed by atoms with Crippen LogP contribution in [0.2, 0.25) is 10.2 Å². The molecule has 1 aromatic rings. The van der Waals surface area contributed by atoms with E-state index in [-0.39, 0.29) is 24.0 Å². The Balaban J connectivity index is 2.32. The minimum Gasteiger partial charge on any atom is -0.481 e. The zero-order valence-electron chi connectivity index (χ0n) is 8.56. The number of carbonyl (C=O) groups is 2. The molecule has 5 nitrogen and oxygen atoms in total. The van der Waals surface area contributed by atoms with Gasteiger partial charge < -0.3 is 10.0 Å². The topological polar surface area (TPSA) is 70.5 Å². The summed E-state index contributed by atoms with van der Waals surface area (Å²) < 4.78 is 0. The third-order valence-corrected chi connectivity index (χ3v) is 3.05. The number of aliphatic carboxylic acids is 1. The van der Waals surface area contributed by atoms with Crippen LogP contribution in [0.25, 0.3) is 0 Å². The zero-order valence-corrected chi connectivity index (χ0v) is 10.1. The van der Waals surface area contributed by atoms with E-state index in [1.165, 1.54) is 17.2 Å². The number of halogens is 2. The Morgan fingerprint density at radius 2 is 2.24 bits per heavy atom. The van der Waals surface area contributed by atoms with Crippen molar-refractivity contribution >= 4 is 40.8 Å². The molecule has 1 unspecified atom stereocenters. The van der Waals surface area contributed by atoms with Crippen molar-refractivity contribution in [2.24, 2.45) is 5.92 Å². The number of rotatable bonds is 2. The number of hydrogen-bond donors (Lipinski definition) is 1. The highest BCUT2D eigenvalue weighted by Gasteiger charge is 2.36. The average Bonchev–Trinajstić information content (AvgIpc) is 2.64. The van der Waals surface area contributed by atoms with Crippen molar-refractivity contribution in [2.75, 3.05) is 11.4 Å². The van der Waals surface area contributed by atoms with Crippen LogP contribution in [0, 0.1) is 5.92 Å². The highest BCUT2D eigenvalue weighted by Crippen LogP contribution is 2.31. The minimum atomic E-state index is -0.994. The lowest BCUT2D eigenvalue weighted by molar-refractivity contribution is -0.141. The molecule has 1 aliphatic heterocycles. The molecule has 1 aliphatic rings. The van der Waals surface area contributed by atoms with Gasteiger partial charge in [0.1, 0.15) is 0 Å². The van der Waals surface area contributed by atoms with E-state index in [0.29, 0.717) is 10.7 Å². The number of carboxylic acid groups (broad SMARTS) is 1. The van der Waals surface area contributed by atoms with E-state index in [0.717, 1.165) is 0 Å². The van der Waals surface area contributed by atoms with Crippen molar-refractivity contribution in [3.05, 3.63) is 22.4 Å². The molecule has 2 rings (SSSR count). The van der Waals surface area contributed by atoms with Crippen molar-refractivity contribution in [1.82, 2.24) is 4.98 Å². The molecule has 0 spiro atoms. The largest absolute Gasteiger partial charge is 0.481 e. The average molecular weight is 275 g/mol. The van der Waals surface area contributed by atoms with Gasteiger partial charge in [0.15, 0.2) is 5.15 Å². The minimum absolute atomic E-state index is 0.0296. The van der Waals surface area contributed by atoms with Crippen LogP contribution in [-0.2, 0) is 9.59 Å². The Morgan fingerprint density at radius 3 is 2.82 bits per heavy atom. The van der Waals surface area contributed by atoms with Crippen LogP contribution in [0.4, 0.5) is 5.69 Å². The van der Waals surface area contributed by atoms with Crippen LogP contribution in [-0.4, -0.2) is 28.5 Å². The summed E-state index contributed by atoms with van der Waals surface area (Å²) in [5.41, 5.74) is 0.355. The maximum atomic E-state index is 11.7. The first-order chi connectivity index (χ1) is 7.99. The smallest absolute Gasteiger partial charge is 0.308 e. The number of hydrogen-bond acceptors (Lipinski definition) is 3. The molecule has 1 amide bonds. The quantitative estimate of drug-likeness (QED) is 0.836. The maximum absolute atomic E-state index is 11.7. The predicted octanol–water partition coefficient (Wildman–Crippen LogP) is 1.83. The Hall–Kier alpha value is -1.33. The highest BCUT2D eigenvalue weighted by atomic mass is 35.5. The summed E-state index contributed by atoms with van der Waals surface area (Å²) in [5, 5.41) is 9.34. The molecular weight excluding hydrogens is 267 g/mol. The summed E-state index contributed by atoms with van der Waals surface area (Å²) in [7, 11) is 0. The molecule has 1 fully saturated rings. The molecular formula is C10H8Cl2N2O3. The Kier molecular flexibility index (Phi) is 3.22. The molecule has 0 aromatic carbocycles. The number of pyridine rings is 1. The normalized spacial score (nSPS) is 19.8. The SMILES string of the molecule is O=C(O)C1CC(=O)N(c2cc(Cl)cnc2Cl)C1. The summed E-state index contributed by atoms with van der Waals surface area (Å²) in [6.45, 7) is 0.0932. The first-order valence-corrected chi connectivity index (χ1v) is 5.59. The van der Waals surface area contributed by atoms with Crippen molar-refractivity contribution in [3.63, 3.8) is 0 Å². The molecule has 0 saturated carbocycles. The van der Waals surface area contributed by atoms with E-state index in [1.807, 2.05) is 0 Å². The van der Waals surface area contributed by atoms with Gasteiger partial charge in [0.2, 0.25) is 5.91 Å². The van der Waals surface area contributed by atoms with Crippen molar-refractivity contribution < 1.29 is 14.7 Å². The van der Waals surface area contributed by atoms with Gasteiger partial charge in [0.05, 0.1) is 16.6 Å². The summed E-state index contributed by atoms with van der Waals surface area (Å²) in [4.78, 5) is 27.6. The van der Waals surface area contributed by atoms with Crippen molar-refractivity contribution in [2.45, 2.75) is 6.42 Å². The van der Waals surface area contributed by atoms with Crippen LogP contribution >= 0.6 is 23.2 Å². The van der Waals surface area contributed by atoms with E-state index in [2.05, 4.69) is 4.98 Å². The second-order valence-corrected chi connectivity index (χ2v) is 4.50. The van der Waals surface area contributed by atoms with Gasteiger partial charge in [-0.1, -0.05) is 23.2 Å². The lowest BCUT2D eigenvalue weighted by Gasteiger charge is -2.17. The van der Waals surface area contributed by atoms with E-state index in [1.54, 1.807) is 0 Å². The number of nitrogens with zero attached hydrogens (tertiary/aromatic N) is 2. The number of anilines is 1. The van der Waals surface area contributed by atoms with E-state index in [4.69, 9.17) is 28.3 Å². The van der Waals surface area contributed by atoms with E-state index in [9.17, 15) is 9.59 Å². The molecule has 17 heavy (non-hydrogen) atoms. The van der Waals surface area contributed by atoms with Gasteiger partial charge in [-0.25, -0.2) is 4.98 Å². The Labute approximate surface area is 107 Å². The van der Waals surface area contributed by atoms with Gasteiger partial charge in [0, 0.05) is 19.2 Å². The standard InChI is InChI=1S/C10H8Cl2N2O3/c11-6-2-7(9(12)13-3-6)14-4-5(10(16)17)1-8(14)15/h2-3,5H,1,4H2,(H,16,17). The van der Waals surface area contributed by atoms with Gasteiger partial charge in [-0.2, -0.15) is 0 Å². The molecule has 0 radical (unpaired) electrons. The molecule has 2 heterocycles. The number of carbonyl (C=O) groups excluding carboxylic acids is 1. The van der Waals surface area contributed by atoms with E-state index < -0.39 is 11.9 Å². The van der Waals surface area contributed by atoms with Gasteiger partial charge in [-0.3, -0.25) is 9.59 Å². The number of carboxylic acids is 1. The summed E-state index contributed by atoms with van der Waals surface area (Å²) in [5.74, 6) is -1.99.